The maximum Gasteiger partial charge on any atom is 0.418 e. The van der Waals surface area contributed by atoms with Gasteiger partial charge >= 0.3 is 6.18 Å². The van der Waals surface area contributed by atoms with E-state index in [1.54, 1.807) is 85.8 Å². The molecule has 1 atom stereocenters. The molecule has 1 unspecified atom stereocenters. The summed E-state index contributed by atoms with van der Waals surface area (Å²) in [5.74, 6) is -1.06. The zero-order chi connectivity index (χ0) is 31.7. The van der Waals surface area contributed by atoms with E-state index in [9.17, 15) is 27.6 Å². The Morgan fingerprint density at radius 2 is 1.52 bits per heavy atom. The predicted octanol–water partition coefficient (Wildman–Crippen LogP) is 7.24. The van der Waals surface area contributed by atoms with Crippen LogP contribution in [0.25, 0.3) is 6.08 Å². The lowest BCUT2D eigenvalue weighted by molar-refractivity contribution is -0.137. The van der Waals surface area contributed by atoms with Gasteiger partial charge in [-0.2, -0.15) is 13.2 Å². The van der Waals surface area contributed by atoms with Crippen molar-refractivity contribution in [3.8, 4) is 5.75 Å². The first-order valence-corrected chi connectivity index (χ1v) is 14.2. The molecule has 0 heterocycles. The molecule has 4 rings (SSSR count). The first-order chi connectivity index (χ1) is 21.0. The van der Waals surface area contributed by atoms with Crippen molar-refractivity contribution in [2.75, 3.05) is 17.7 Å². The fraction of sp³-hybridized carbons (Fsp3) is 0.121. The first kappa shape index (κ1) is 31.9. The number of hydrogen-bond donors (Lipinski definition) is 3. The summed E-state index contributed by atoms with van der Waals surface area (Å²) in [5.41, 5.74) is 0.173. The normalized spacial score (nSPS) is 12.2. The molecule has 3 N–H and O–H groups in total. The van der Waals surface area contributed by atoms with Gasteiger partial charge in [0, 0.05) is 16.1 Å². The van der Waals surface area contributed by atoms with E-state index in [2.05, 4.69) is 16.0 Å². The highest BCUT2D eigenvalue weighted by Gasteiger charge is 2.34. The van der Waals surface area contributed by atoms with Gasteiger partial charge in [0.2, 0.25) is 5.91 Å². The van der Waals surface area contributed by atoms with E-state index >= 15 is 0 Å². The maximum atomic E-state index is 13.3. The number of para-hydroxylation sites is 1. The van der Waals surface area contributed by atoms with Crippen LogP contribution in [-0.2, 0) is 15.8 Å². The highest BCUT2D eigenvalue weighted by atomic mass is 32.2. The van der Waals surface area contributed by atoms with E-state index in [4.69, 9.17) is 4.74 Å². The number of benzene rings is 4. The molecule has 226 valence electrons. The minimum atomic E-state index is -4.60. The van der Waals surface area contributed by atoms with Crippen LogP contribution in [0, 0.1) is 0 Å². The monoisotopic (exact) mass is 619 g/mol. The predicted molar refractivity (Wildman–Crippen MR) is 165 cm³/mol. The van der Waals surface area contributed by atoms with E-state index < -0.39 is 34.7 Å². The standard InChI is InChI=1S/C33H28F3N3O4S/c1-21(30(40)38-28-14-7-6-13-27(28)33(34,35)36)44-26-17-15-24(16-18-26)37-32(42)29(20-22-9-8-12-25(19-22)43-2)39-31(41)23-10-4-3-5-11-23/h3-21H,1-2H3,(H,37,42)(H,38,40)(H,39,41)/b29-20-. The Morgan fingerprint density at radius 1 is 0.841 bits per heavy atom. The minimum absolute atomic E-state index is 0.00464. The SMILES string of the molecule is COc1cccc(/C=C(\NC(=O)c2ccccc2)C(=O)Nc2ccc(SC(C)C(=O)Nc3ccccc3C(F)(F)F)cc2)c1. The van der Waals surface area contributed by atoms with Gasteiger partial charge in [0.25, 0.3) is 11.8 Å². The molecule has 0 bridgehead atoms. The summed E-state index contributed by atoms with van der Waals surface area (Å²) in [6.07, 6.45) is -3.08. The van der Waals surface area contributed by atoms with Crippen LogP contribution in [0.5, 0.6) is 5.75 Å². The molecule has 0 aliphatic heterocycles. The van der Waals surface area contributed by atoms with Gasteiger partial charge in [-0.15, -0.1) is 11.8 Å². The van der Waals surface area contributed by atoms with Gasteiger partial charge in [-0.1, -0.05) is 42.5 Å². The van der Waals surface area contributed by atoms with Crippen LogP contribution in [0.4, 0.5) is 24.5 Å². The molecule has 11 heteroatoms. The Kier molecular flexibility index (Phi) is 10.5. The first-order valence-electron chi connectivity index (χ1n) is 13.3. The van der Waals surface area contributed by atoms with E-state index in [1.807, 2.05) is 0 Å². The number of carbonyl (C=O) groups is 3. The van der Waals surface area contributed by atoms with Gasteiger partial charge in [0.15, 0.2) is 0 Å². The second-order valence-electron chi connectivity index (χ2n) is 9.43. The number of halogens is 3. The average molecular weight is 620 g/mol. The van der Waals surface area contributed by atoms with Crippen LogP contribution in [0.1, 0.15) is 28.4 Å². The van der Waals surface area contributed by atoms with Crippen molar-refractivity contribution >= 4 is 46.9 Å². The van der Waals surface area contributed by atoms with Crippen molar-refractivity contribution < 1.29 is 32.3 Å². The summed E-state index contributed by atoms with van der Waals surface area (Å²) in [5, 5.41) is 7.06. The van der Waals surface area contributed by atoms with Crippen molar-refractivity contribution in [1.82, 2.24) is 5.32 Å². The molecule has 0 spiro atoms. The number of hydrogen-bond acceptors (Lipinski definition) is 5. The van der Waals surface area contributed by atoms with Crippen LogP contribution in [-0.4, -0.2) is 30.1 Å². The molecular weight excluding hydrogens is 591 g/mol. The topological polar surface area (TPSA) is 96.5 Å². The number of thioether (sulfide) groups is 1. The van der Waals surface area contributed by atoms with Gasteiger partial charge in [0.1, 0.15) is 11.4 Å². The highest BCUT2D eigenvalue weighted by Crippen LogP contribution is 2.35. The fourth-order valence-corrected chi connectivity index (χ4v) is 4.85. The van der Waals surface area contributed by atoms with E-state index in [0.29, 0.717) is 27.5 Å². The largest absolute Gasteiger partial charge is 0.497 e. The van der Waals surface area contributed by atoms with Crippen molar-refractivity contribution in [2.24, 2.45) is 0 Å². The Morgan fingerprint density at radius 3 is 2.20 bits per heavy atom. The van der Waals surface area contributed by atoms with Crippen LogP contribution in [0.15, 0.2) is 114 Å². The molecule has 7 nitrogen and oxygen atoms in total. The number of anilines is 2. The zero-order valence-corrected chi connectivity index (χ0v) is 24.5. The van der Waals surface area contributed by atoms with E-state index in [0.717, 1.165) is 17.8 Å². The molecule has 0 saturated heterocycles. The Labute approximate surface area is 256 Å². The summed E-state index contributed by atoms with van der Waals surface area (Å²) in [7, 11) is 1.52. The lowest BCUT2D eigenvalue weighted by Gasteiger charge is -2.16. The molecule has 0 radical (unpaired) electrons. The van der Waals surface area contributed by atoms with E-state index in [-0.39, 0.29) is 11.4 Å². The van der Waals surface area contributed by atoms with Gasteiger partial charge in [0.05, 0.1) is 23.6 Å². The van der Waals surface area contributed by atoms with Crippen molar-refractivity contribution in [3.63, 3.8) is 0 Å². The number of nitrogens with one attached hydrogen (secondary N) is 3. The second kappa shape index (κ2) is 14.4. The van der Waals surface area contributed by atoms with Crippen molar-refractivity contribution in [3.05, 3.63) is 126 Å². The molecule has 0 fully saturated rings. The molecule has 0 aliphatic carbocycles. The highest BCUT2D eigenvalue weighted by molar-refractivity contribution is 8.00. The number of amides is 3. The zero-order valence-electron chi connectivity index (χ0n) is 23.6. The Hall–Kier alpha value is -5.03. The van der Waals surface area contributed by atoms with Gasteiger partial charge in [-0.3, -0.25) is 14.4 Å². The molecule has 0 aromatic heterocycles. The van der Waals surface area contributed by atoms with Crippen LogP contribution in [0.3, 0.4) is 0 Å². The Balaban J connectivity index is 1.44. The summed E-state index contributed by atoms with van der Waals surface area (Å²) in [6, 6.07) is 26.8. The third-order valence-corrected chi connectivity index (χ3v) is 7.33. The number of methoxy groups -OCH3 is 1. The molecular formula is C33H28F3N3O4S. The molecule has 4 aromatic rings. The number of rotatable bonds is 10. The van der Waals surface area contributed by atoms with Crippen LogP contribution in [0.2, 0.25) is 0 Å². The average Bonchev–Trinajstić information content (AvgIpc) is 3.01. The second-order valence-corrected chi connectivity index (χ2v) is 10.8. The van der Waals surface area contributed by atoms with Crippen molar-refractivity contribution in [1.29, 1.82) is 0 Å². The summed E-state index contributed by atoms with van der Waals surface area (Å²) in [6.45, 7) is 1.58. The molecule has 0 saturated carbocycles. The van der Waals surface area contributed by atoms with Gasteiger partial charge < -0.3 is 20.7 Å². The number of alkyl halides is 3. The molecule has 4 aromatic carbocycles. The quantitative estimate of drug-likeness (QED) is 0.128. The maximum absolute atomic E-state index is 13.3. The molecule has 44 heavy (non-hydrogen) atoms. The lowest BCUT2D eigenvalue weighted by Crippen LogP contribution is -2.30. The fourth-order valence-electron chi connectivity index (χ4n) is 3.99. The summed E-state index contributed by atoms with van der Waals surface area (Å²) < 4.78 is 45.1. The van der Waals surface area contributed by atoms with E-state index in [1.165, 1.54) is 31.4 Å². The third kappa shape index (κ3) is 8.74. The smallest absolute Gasteiger partial charge is 0.418 e. The van der Waals surface area contributed by atoms with Crippen LogP contribution >= 0.6 is 11.8 Å². The van der Waals surface area contributed by atoms with Crippen molar-refractivity contribution in [2.45, 2.75) is 23.2 Å². The van der Waals surface area contributed by atoms with Gasteiger partial charge in [-0.05, 0) is 79.2 Å². The minimum Gasteiger partial charge on any atom is -0.497 e. The molecule has 3 amide bonds. The third-order valence-electron chi connectivity index (χ3n) is 6.22. The van der Waals surface area contributed by atoms with Gasteiger partial charge in [-0.25, -0.2) is 0 Å². The summed E-state index contributed by atoms with van der Waals surface area (Å²) >= 11 is 1.14. The van der Waals surface area contributed by atoms with Crippen LogP contribution < -0.4 is 20.7 Å². The number of carbonyl (C=O) groups excluding carboxylic acids is 3. The summed E-state index contributed by atoms with van der Waals surface area (Å²) in [4.78, 5) is 39.5. The Bertz CT molecular complexity index is 1660. The molecule has 0 aliphatic rings. The lowest BCUT2D eigenvalue weighted by atomic mass is 10.1. The number of ether oxygens (including phenoxy) is 1.